The standard InChI is InChI=1S/C80H46N4.Po/c1-5-21-47(22-6-1)69-73-61-39-53-31-15-16-32-54(53)40-62(61)74(81-73)70(48-23-7-2-8-24-48)76-64-42-56-34-18-20-36-58(56)44-66(64)78(83-76)72(50-27-11-4-12-28-50)80-68-46-60-38-52-30-14-13-29-51(52)37-59(60)45-67(68)79(84-80)71(49-25-9-3-10-26-49)77-65-43-57-35-19-17-33-55(57)41-63(65)75(69)82-77;/h1-46H;/q-2;+2. The molecule has 0 spiro atoms. The normalized spacial score (nSPS) is 14.3. The van der Waals surface area contributed by atoms with Crippen molar-refractivity contribution in [2.45, 2.75) is 0 Å². The number of rotatable bonds is 4. The number of hydrogen-bond acceptors (Lipinski definition) is 2. The van der Waals surface area contributed by atoms with Crippen molar-refractivity contribution in [3.05, 3.63) is 346 Å². The molecule has 0 N–H and O–H groups in total. The Hall–Kier alpha value is -10.3. The van der Waals surface area contributed by atoms with Gasteiger partial charge in [0.25, 0.3) is 0 Å². The number of fused-ring (bicyclic) bond motifs is 19. The fraction of sp³-hybridized carbons (Fsp3) is 0. The van der Waals surface area contributed by atoms with Crippen LogP contribution in [0.25, 0.3) is 109 Å². The molecule has 4 nitrogen and oxygen atoms in total. The molecule has 19 rings (SSSR count). The summed E-state index contributed by atoms with van der Waals surface area (Å²) in [5.74, 6) is 0. The summed E-state index contributed by atoms with van der Waals surface area (Å²) < 4.78 is 5.72. The predicted molar refractivity (Wildman–Crippen MR) is 356 cm³/mol. The average Bonchev–Trinajstić information content (AvgIpc) is 1.82. The van der Waals surface area contributed by atoms with Crippen LogP contribution < -0.4 is 10.7 Å². The first kappa shape index (κ1) is 47.2. The van der Waals surface area contributed by atoms with Crippen molar-refractivity contribution in [3.63, 3.8) is 0 Å². The van der Waals surface area contributed by atoms with E-state index in [2.05, 4.69) is 284 Å². The van der Waals surface area contributed by atoms with E-state index in [9.17, 15) is 0 Å². The van der Waals surface area contributed by atoms with Crippen LogP contribution in [0.15, 0.2) is 289 Å². The van der Waals surface area contributed by atoms with Gasteiger partial charge >= 0.3 is 505 Å². The zero-order chi connectivity index (χ0) is 55.4. The number of nitrogens with zero attached hydrogens (tertiary/aromatic N) is 4. The molecule has 392 valence electrons. The zero-order valence-corrected chi connectivity index (χ0v) is 48.9. The first-order valence-electron chi connectivity index (χ1n) is 29.1. The van der Waals surface area contributed by atoms with E-state index < -0.39 is 24.2 Å². The molecule has 2 aromatic heterocycles. The summed E-state index contributed by atoms with van der Waals surface area (Å²) in [5.41, 5.74) is 19.7. The minimum absolute atomic E-state index is 0.976. The van der Waals surface area contributed by atoms with Crippen molar-refractivity contribution in [3.8, 4) is 0 Å². The van der Waals surface area contributed by atoms with Crippen LogP contribution >= 0.6 is 0 Å². The molecule has 0 atom stereocenters. The van der Waals surface area contributed by atoms with Crippen LogP contribution in [-0.2, 0) is 0 Å². The molecule has 5 heteroatoms. The summed E-state index contributed by atoms with van der Waals surface area (Å²) in [6.07, 6.45) is 0. The predicted octanol–water partition coefficient (Wildman–Crippen LogP) is 17.2. The molecule has 13 aromatic carbocycles. The molecule has 0 aliphatic carbocycles. The molecule has 4 aliphatic heterocycles. The van der Waals surface area contributed by atoms with Gasteiger partial charge in [-0.15, -0.1) is 0 Å². The van der Waals surface area contributed by atoms with Crippen LogP contribution in [0.3, 0.4) is 0 Å². The van der Waals surface area contributed by atoms with E-state index >= 15 is 0 Å². The molecular formula is C80H46N4Po. The molecule has 0 saturated heterocycles. The van der Waals surface area contributed by atoms with Gasteiger partial charge in [-0.1, -0.05) is 0 Å². The van der Waals surface area contributed by atoms with Gasteiger partial charge in [0, 0.05) is 0 Å². The van der Waals surface area contributed by atoms with E-state index in [4.69, 9.17) is 9.98 Å². The van der Waals surface area contributed by atoms with Gasteiger partial charge in [-0.25, -0.2) is 0 Å². The third kappa shape index (κ3) is 6.94. The van der Waals surface area contributed by atoms with Crippen molar-refractivity contribution in [2.24, 2.45) is 9.98 Å². The van der Waals surface area contributed by atoms with E-state index in [0.717, 1.165) is 89.6 Å². The second kappa shape index (κ2) is 18.1. The van der Waals surface area contributed by atoms with Gasteiger partial charge in [-0.05, 0) is 0 Å². The Bertz CT molecular complexity index is 5760. The second-order valence-corrected chi connectivity index (χ2v) is 26.3. The first-order valence-corrected chi connectivity index (χ1v) is 32.0. The molecule has 85 heavy (non-hydrogen) atoms. The topological polar surface area (TPSA) is 34.6 Å². The third-order valence-electron chi connectivity index (χ3n) is 18.1. The van der Waals surface area contributed by atoms with Gasteiger partial charge in [-0.3, -0.25) is 0 Å². The Morgan fingerprint density at radius 2 is 0.518 bits per heavy atom. The van der Waals surface area contributed by atoms with Crippen LogP contribution in [0, 0.1) is 0 Å². The molecule has 0 saturated carbocycles. The van der Waals surface area contributed by atoms with Gasteiger partial charge < -0.3 is 0 Å². The fourth-order valence-corrected chi connectivity index (χ4v) is 19.2. The third-order valence-corrected chi connectivity index (χ3v) is 22.2. The quantitative estimate of drug-likeness (QED) is 0.157. The van der Waals surface area contributed by atoms with E-state index in [1.54, 1.807) is 0 Å². The van der Waals surface area contributed by atoms with Crippen molar-refractivity contribution >= 4 is 145 Å². The molecule has 15 aromatic rings. The molecular weight excluding hydrogens is 1230 g/mol. The summed E-state index contributed by atoms with van der Waals surface area (Å²) in [7, 11) is 0. The Labute approximate surface area is 501 Å². The van der Waals surface area contributed by atoms with Crippen LogP contribution in [0.2, 0.25) is 0 Å². The van der Waals surface area contributed by atoms with Gasteiger partial charge in [0.15, 0.2) is 0 Å². The van der Waals surface area contributed by atoms with Crippen molar-refractivity contribution in [1.29, 1.82) is 0 Å². The van der Waals surface area contributed by atoms with Crippen molar-refractivity contribution in [2.75, 3.05) is 0 Å². The SMILES string of the molecule is c1ccc(C2=C3N=C(C(c4ccccc4)=c4c5cc6ccccc6cc5c5[n]4[Po][n]4c2c2cc6ccccc6cc2c4C(c2ccccc2)=C2N=C(C=5c4ccccc4)c4cc5cc6ccccc6cc5cc42)c2cc4ccccc4cc23)cc1. The van der Waals surface area contributed by atoms with E-state index in [0.29, 0.717) is 0 Å². The number of benzene rings is 13. The minimum atomic E-state index is -2.27. The molecule has 0 unspecified atom stereocenters. The molecule has 6 bridgehead atoms. The van der Waals surface area contributed by atoms with Crippen LogP contribution in [-0.4, -0.2) is 40.5 Å². The summed E-state index contributed by atoms with van der Waals surface area (Å²) >= 11 is -2.27. The molecule has 0 amide bonds. The van der Waals surface area contributed by atoms with Crippen LogP contribution in [0.5, 0.6) is 0 Å². The summed E-state index contributed by atoms with van der Waals surface area (Å²) in [6.45, 7) is 0. The Balaban J connectivity index is 1.15. The maximum atomic E-state index is 6.33. The molecule has 0 radical (unpaired) electrons. The van der Waals surface area contributed by atoms with Crippen molar-refractivity contribution in [1.82, 2.24) is 4.93 Å². The van der Waals surface area contributed by atoms with Gasteiger partial charge in [0.05, 0.1) is 0 Å². The fourth-order valence-electron chi connectivity index (χ4n) is 14.3. The summed E-state index contributed by atoms with van der Waals surface area (Å²) in [5, 5.41) is 19.1. The Morgan fingerprint density at radius 3 is 0.894 bits per heavy atom. The summed E-state index contributed by atoms with van der Waals surface area (Å²) in [4.78, 5) is 12.6. The van der Waals surface area contributed by atoms with Gasteiger partial charge in [0.1, 0.15) is 0 Å². The number of aliphatic imine (C=N–C) groups is 2. The maximum absolute atomic E-state index is 6.33. The van der Waals surface area contributed by atoms with E-state index in [1.165, 1.54) is 97.5 Å². The van der Waals surface area contributed by atoms with Crippen molar-refractivity contribution < 1.29 is 0 Å². The zero-order valence-electron chi connectivity index (χ0n) is 45.8. The number of hydrogen-bond donors (Lipinski definition) is 0. The molecule has 6 heterocycles. The number of aromatic nitrogens is 2. The Kier molecular flexibility index (Phi) is 10.1. The molecule has 0 fully saturated rings. The first-order chi connectivity index (χ1) is 42.1. The molecule has 4 aliphatic rings. The Morgan fingerprint density at radius 1 is 0.235 bits per heavy atom. The summed E-state index contributed by atoms with van der Waals surface area (Å²) in [6, 6.07) is 105. The van der Waals surface area contributed by atoms with E-state index in [-0.39, 0.29) is 0 Å². The van der Waals surface area contributed by atoms with E-state index in [1.807, 2.05) is 0 Å². The van der Waals surface area contributed by atoms with Crippen LogP contribution in [0.4, 0.5) is 0 Å². The van der Waals surface area contributed by atoms with Gasteiger partial charge in [0.2, 0.25) is 0 Å². The second-order valence-electron chi connectivity index (χ2n) is 22.8. The average molecular weight is 1270 g/mol. The monoisotopic (exact) mass is 1270 g/mol. The van der Waals surface area contributed by atoms with Crippen LogP contribution in [0.1, 0.15) is 55.9 Å². The van der Waals surface area contributed by atoms with Gasteiger partial charge in [-0.2, -0.15) is 0 Å².